The fourth-order valence-corrected chi connectivity index (χ4v) is 1.63. The number of rotatable bonds is 5. The minimum atomic E-state index is -0.318. The number of aromatic nitrogens is 2. The molecule has 1 aromatic heterocycles. The van der Waals surface area contributed by atoms with Crippen molar-refractivity contribution in [3.8, 4) is 5.75 Å². The van der Waals surface area contributed by atoms with Crippen LogP contribution in [0.3, 0.4) is 0 Å². The third kappa shape index (κ3) is 3.21. The zero-order chi connectivity index (χ0) is 13.0. The molecule has 0 saturated carbocycles. The van der Waals surface area contributed by atoms with Gasteiger partial charge in [-0.2, -0.15) is 0 Å². The Balaban J connectivity index is 2.04. The molecule has 0 aliphatic heterocycles. The second kappa shape index (κ2) is 5.84. The minimum absolute atomic E-state index is 0.318. The number of benzene rings is 1. The summed E-state index contributed by atoms with van der Waals surface area (Å²) in [7, 11) is 1.82. The van der Waals surface area contributed by atoms with Gasteiger partial charge in [-0.25, -0.2) is 0 Å². The van der Waals surface area contributed by atoms with E-state index in [-0.39, 0.29) is 6.10 Å². The number of halogens is 1. The van der Waals surface area contributed by atoms with E-state index in [9.17, 15) is 0 Å². The van der Waals surface area contributed by atoms with Crippen molar-refractivity contribution < 1.29 is 9.15 Å². The molecule has 0 bridgehead atoms. The molecule has 6 heteroatoms. The van der Waals surface area contributed by atoms with Gasteiger partial charge in [0, 0.05) is 5.02 Å². The summed E-state index contributed by atoms with van der Waals surface area (Å²) >= 11 is 5.88. The van der Waals surface area contributed by atoms with Crippen LogP contribution >= 0.6 is 11.6 Å². The highest BCUT2D eigenvalue weighted by Crippen LogP contribution is 2.23. The van der Waals surface area contributed by atoms with Gasteiger partial charge in [-0.3, -0.25) is 0 Å². The van der Waals surface area contributed by atoms with E-state index in [2.05, 4.69) is 15.5 Å². The Bertz CT molecular complexity index is 516. The molecular weight excluding hydrogens is 254 g/mol. The lowest BCUT2D eigenvalue weighted by atomic mass is 10.3. The van der Waals surface area contributed by atoms with E-state index in [0.717, 1.165) is 0 Å². The Kier molecular flexibility index (Phi) is 4.17. The van der Waals surface area contributed by atoms with Crippen LogP contribution in [0.2, 0.25) is 5.02 Å². The quantitative estimate of drug-likeness (QED) is 0.902. The van der Waals surface area contributed by atoms with Gasteiger partial charge < -0.3 is 14.5 Å². The first kappa shape index (κ1) is 12.9. The average molecular weight is 268 g/mol. The number of ether oxygens (including phenoxy) is 1. The normalized spacial score (nSPS) is 12.4. The zero-order valence-electron chi connectivity index (χ0n) is 10.2. The fraction of sp³-hybridized carbons (Fsp3) is 0.333. The Morgan fingerprint density at radius 2 is 2.28 bits per heavy atom. The summed E-state index contributed by atoms with van der Waals surface area (Å²) in [5.41, 5.74) is 0. The van der Waals surface area contributed by atoms with E-state index >= 15 is 0 Å². The van der Waals surface area contributed by atoms with Gasteiger partial charge in [0.25, 0.3) is 5.89 Å². The number of nitrogens with zero attached hydrogens (tertiary/aromatic N) is 2. The highest BCUT2D eigenvalue weighted by atomic mass is 35.5. The van der Waals surface area contributed by atoms with Crippen LogP contribution in [0.4, 0.5) is 0 Å². The Morgan fingerprint density at radius 3 is 3.00 bits per heavy atom. The molecular formula is C12H14ClN3O2. The van der Waals surface area contributed by atoms with Gasteiger partial charge in [-0.05, 0) is 32.2 Å². The van der Waals surface area contributed by atoms with Gasteiger partial charge in [0.1, 0.15) is 5.75 Å². The van der Waals surface area contributed by atoms with E-state index < -0.39 is 0 Å². The monoisotopic (exact) mass is 267 g/mol. The Labute approximate surface area is 110 Å². The lowest BCUT2D eigenvalue weighted by molar-refractivity contribution is 0.186. The van der Waals surface area contributed by atoms with Crippen molar-refractivity contribution in [3.05, 3.63) is 41.1 Å². The molecule has 1 heterocycles. The van der Waals surface area contributed by atoms with Crippen molar-refractivity contribution >= 4 is 11.6 Å². The van der Waals surface area contributed by atoms with Crippen LogP contribution in [0.15, 0.2) is 28.7 Å². The molecule has 5 nitrogen and oxygen atoms in total. The van der Waals surface area contributed by atoms with Crippen molar-refractivity contribution in [2.24, 2.45) is 0 Å². The highest BCUT2D eigenvalue weighted by molar-refractivity contribution is 6.30. The molecule has 1 N–H and O–H groups in total. The molecule has 18 heavy (non-hydrogen) atoms. The van der Waals surface area contributed by atoms with E-state index in [4.69, 9.17) is 20.8 Å². The maximum atomic E-state index is 5.88. The van der Waals surface area contributed by atoms with E-state index in [0.29, 0.717) is 29.1 Å². The van der Waals surface area contributed by atoms with Crippen molar-refractivity contribution in [3.63, 3.8) is 0 Å². The highest BCUT2D eigenvalue weighted by Gasteiger charge is 2.15. The van der Waals surface area contributed by atoms with E-state index in [1.807, 2.05) is 26.1 Å². The summed E-state index contributed by atoms with van der Waals surface area (Å²) in [5.74, 6) is 1.65. The van der Waals surface area contributed by atoms with Crippen LogP contribution in [0, 0.1) is 0 Å². The molecule has 0 radical (unpaired) electrons. The second-order valence-electron chi connectivity index (χ2n) is 3.78. The van der Waals surface area contributed by atoms with Gasteiger partial charge >= 0.3 is 0 Å². The lowest BCUT2D eigenvalue weighted by Gasteiger charge is -2.10. The van der Waals surface area contributed by atoms with Crippen molar-refractivity contribution in [1.82, 2.24) is 15.5 Å². The first-order valence-electron chi connectivity index (χ1n) is 5.58. The van der Waals surface area contributed by atoms with Crippen LogP contribution < -0.4 is 10.1 Å². The molecule has 2 aromatic rings. The molecule has 0 fully saturated rings. The van der Waals surface area contributed by atoms with E-state index in [1.165, 1.54) is 0 Å². The Morgan fingerprint density at radius 1 is 1.44 bits per heavy atom. The average Bonchev–Trinajstić information content (AvgIpc) is 2.78. The lowest BCUT2D eigenvalue weighted by Crippen LogP contribution is -2.05. The van der Waals surface area contributed by atoms with Crippen molar-refractivity contribution in [2.45, 2.75) is 19.6 Å². The molecule has 1 unspecified atom stereocenters. The molecule has 0 amide bonds. The summed E-state index contributed by atoms with van der Waals surface area (Å²) < 4.78 is 11.1. The maximum absolute atomic E-state index is 5.88. The number of nitrogens with one attached hydrogen (secondary N) is 1. The van der Waals surface area contributed by atoms with Crippen LogP contribution in [-0.2, 0) is 6.54 Å². The molecule has 2 rings (SSSR count). The summed E-state index contributed by atoms with van der Waals surface area (Å²) in [6.07, 6.45) is -0.318. The summed E-state index contributed by atoms with van der Waals surface area (Å²) in [6, 6.07) is 7.18. The molecule has 0 saturated heterocycles. The molecule has 0 aliphatic carbocycles. The maximum Gasteiger partial charge on any atom is 0.256 e. The fourth-order valence-electron chi connectivity index (χ4n) is 1.45. The molecule has 1 aromatic carbocycles. The number of hydrogen-bond acceptors (Lipinski definition) is 5. The standard InChI is InChI=1S/C12H14ClN3O2/c1-8(12-16-15-11(18-12)7-14-2)17-10-5-3-4-9(13)6-10/h3-6,8,14H,7H2,1-2H3. The predicted octanol–water partition coefficient (Wildman–Crippen LogP) is 2.58. The van der Waals surface area contributed by atoms with Gasteiger partial charge in [-0.1, -0.05) is 17.7 Å². The first-order chi connectivity index (χ1) is 8.69. The van der Waals surface area contributed by atoms with Crippen molar-refractivity contribution in [2.75, 3.05) is 7.05 Å². The third-order valence-electron chi connectivity index (χ3n) is 2.27. The molecule has 0 aliphatic rings. The second-order valence-corrected chi connectivity index (χ2v) is 4.22. The molecule has 0 spiro atoms. The van der Waals surface area contributed by atoms with Gasteiger partial charge in [-0.15, -0.1) is 10.2 Å². The predicted molar refractivity (Wildman–Crippen MR) is 67.6 cm³/mol. The molecule has 96 valence electrons. The van der Waals surface area contributed by atoms with Gasteiger partial charge in [0.2, 0.25) is 5.89 Å². The largest absolute Gasteiger partial charge is 0.481 e. The first-order valence-corrected chi connectivity index (χ1v) is 5.96. The van der Waals surface area contributed by atoms with Gasteiger partial charge in [0.15, 0.2) is 6.10 Å². The van der Waals surface area contributed by atoms with Crippen LogP contribution in [0.5, 0.6) is 5.75 Å². The summed E-state index contributed by atoms with van der Waals surface area (Å²) in [4.78, 5) is 0. The van der Waals surface area contributed by atoms with Gasteiger partial charge in [0.05, 0.1) is 6.54 Å². The SMILES string of the molecule is CNCc1nnc(C(C)Oc2cccc(Cl)c2)o1. The summed E-state index contributed by atoms with van der Waals surface area (Å²) in [5, 5.41) is 11.4. The smallest absolute Gasteiger partial charge is 0.256 e. The van der Waals surface area contributed by atoms with E-state index in [1.54, 1.807) is 12.1 Å². The number of hydrogen-bond donors (Lipinski definition) is 1. The third-order valence-corrected chi connectivity index (χ3v) is 2.50. The van der Waals surface area contributed by atoms with Crippen LogP contribution in [-0.4, -0.2) is 17.2 Å². The zero-order valence-corrected chi connectivity index (χ0v) is 10.9. The van der Waals surface area contributed by atoms with Crippen LogP contribution in [0.25, 0.3) is 0 Å². The Hall–Kier alpha value is -1.59. The van der Waals surface area contributed by atoms with Crippen molar-refractivity contribution in [1.29, 1.82) is 0 Å². The molecule has 1 atom stereocenters. The van der Waals surface area contributed by atoms with Crippen LogP contribution in [0.1, 0.15) is 24.8 Å². The topological polar surface area (TPSA) is 60.2 Å². The minimum Gasteiger partial charge on any atom is -0.481 e. The summed E-state index contributed by atoms with van der Waals surface area (Å²) in [6.45, 7) is 2.38.